The van der Waals surface area contributed by atoms with Crippen molar-refractivity contribution in [2.45, 2.75) is 39.7 Å². The number of hydrogen-bond donors (Lipinski definition) is 1. The molecule has 3 nitrogen and oxygen atoms in total. The van der Waals surface area contributed by atoms with Gasteiger partial charge < -0.3 is 9.88 Å². The van der Waals surface area contributed by atoms with E-state index in [0.29, 0.717) is 18.4 Å². The number of fused-ring (bicyclic) bond motifs is 1. The highest BCUT2D eigenvalue weighted by atomic mass is 16.1. The zero-order chi connectivity index (χ0) is 23.0. The molecule has 1 aromatic heterocycles. The van der Waals surface area contributed by atoms with Gasteiger partial charge in [0.25, 0.3) is 5.91 Å². The molecule has 1 heterocycles. The van der Waals surface area contributed by atoms with Crippen LogP contribution >= 0.6 is 0 Å². The molecule has 0 radical (unpaired) electrons. The van der Waals surface area contributed by atoms with Crippen LogP contribution in [0.25, 0.3) is 10.9 Å². The predicted molar refractivity (Wildman–Crippen MR) is 136 cm³/mol. The van der Waals surface area contributed by atoms with Gasteiger partial charge in [-0.25, -0.2) is 0 Å². The second kappa shape index (κ2) is 8.55. The molecule has 1 aliphatic carbocycles. The van der Waals surface area contributed by atoms with E-state index in [9.17, 15) is 4.79 Å². The number of nitrogens with zero attached hydrogens (tertiary/aromatic N) is 1. The third-order valence-corrected chi connectivity index (χ3v) is 7.60. The lowest BCUT2D eigenvalue weighted by molar-refractivity contribution is 0.0952. The quantitative estimate of drug-likeness (QED) is 0.350. The Kier molecular flexibility index (Phi) is 5.57. The van der Waals surface area contributed by atoms with Gasteiger partial charge in [-0.1, -0.05) is 80.6 Å². The largest absolute Gasteiger partial charge is 0.352 e. The van der Waals surface area contributed by atoms with Gasteiger partial charge in [-0.2, -0.15) is 0 Å². The summed E-state index contributed by atoms with van der Waals surface area (Å²) in [5, 5.41) is 4.50. The summed E-state index contributed by atoms with van der Waals surface area (Å²) in [6.07, 6.45) is 0.994. The van der Waals surface area contributed by atoms with E-state index in [1.54, 1.807) is 0 Å². The molecule has 0 aliphatic heterocycles. The average Bonchev–Trinajstić information content (AvgIpc) is 3.26. The maximum atomic E-state index is 12.5. The Balaban J connectivity index is 1.37. The summed E-state index contributed by atoms with van der Waals surface area (Å²) in [5.41, 5.74) is 6.45. The Labute approximate surface area is 196 Å². The predicted octanol–water partition coefficient (Wildman–Crippen LogP) is 6.56. The Bertz CT molecular complexity index is 1270. The Morgan fingerprint density at radius 1 is 0.909 bits per heavy atom. The van der Waals surface area contributed by atoms with Crippen LogP contribution in [0.3, 0.4) is 0 Å². The summed E-state index contributed by atoms with van der Waals surface area (Å²) in [7, 11) is 0. The molecule has 2 atom stereocenters. The molecule has 1 fully saturated rings. The van der Waals surface area contributed by atoms with Crippen LogP contribution in [-0.4, -0.2) is 17.0 Å². The Morgan fingerprint density at radius 3 is 2.27 bits per heavy atom. The van der Waals surface area contributed by atoms with Crippen LogP contribution in [0, 0.1) is 18.3 Å². The second-order valence-corrected chi connectivity index (χ2v) is 9.90. The first-order valence-corrected chi connectivity index (χ1v) is 11.9. The van der Waals surface area contributed by atoms with Gasteiger partial charge in [0.05, 0.1) is 0 Å². The molecular formula is C30H32N2O. The number of aromatic nitrogens is 1. The third-order valence-electron chi connectivity index (χ3n) is 7.60. The van der Waals surface area contributed by atoms with Crippen molar-refractivity contribution in [1.82, 2.24) is 9.88 Å². The summed E-state index contributed by atoms with van der Waals surface area (Å²) in [6, 6.07) is 29.0. The van der Waals surface area contributed by atoms with Crippen molar-refractivity contribution in [1.29, 1.82) is 0 Å². The number of benzene rings is 3. The SMILES string of the molecule is Cc1c([C@@H]2[C@H](CCNC(=O)c3ccccc3)C2(C)C)c2ccccc2n1Cc1ccccc1. The summed E-state index contributed by atoms with van der Waals surface area (Å²) in [4.78, 5) is 12.5. The van der Waals surface area contributed by atoms with Gasteiger partial charge in [-0.3, -0.25) is 4.79 Å². The normalized spacial score (nSPS) is 18.9. The minimum absolute atomic E-state index is 0.0150. The van der Waals surface area contributed by atoms with E-state index in [4.69, 9.17) is 0 Å². The zero-order valence-corrected chi connectivity index (χ0v) is 19.7. The number of hydrogen-bond acceptors (Lipinski definition) is 1. The molecule has 0 saturated heterocycles. The van der Waals surface area contributed by atoms with E-state index in [0.717, 1.165) is 18.5 Å². The van der Waals surface area contributed by atoms with Crippen molar-refractivity contribution in [3.63, 3.8) is 0 Å². The molecule has 3 aromatic carbocycles. The van der Waals surface area contributed by atoms with Crippen LogP contribution in [0.5, 0.6) is 0 Å². The molecule has 168 valence electrons. The first-order valence-electron chi connectivity index (χ1n) is 11.9. The maximum Gasteiger partial charge on any atom is 0.251 e. The van der Waals surface area contributed by atoms with Gasteiger partial charge in [-0.15, -0.1) is 0 Å². The minimum atomic E-state index is 0.0150. The van der Waals surface area contributed by atoms with E-state index < -0.39 is 0 Å². The topological polar surface area (TPSA) is 34.0 Å². The average molecular weight is 437 g/mol. The Morgan fingerprint density at radius 2 is 1.55 bits per heavy atom. The van der Waals surface area contributed by atoms with E-state index in [1.165, 1.54) is 27.7 Å². The fraction of sp³-hybridized carbons (Fsp3) is 0.300. The van der Waals surface area contributed by atoms with Gasteiger partial charge in [0.2, 0.25) is 0 Å². The molecule has 1 aliphatic rings. The van der Waals surface area contributed by atoms with Gasteiger partial charge in [-0.05, 0) is 59.9 Å². The number of para-hydroxylation sites is 1. The lowest BCUT2D eigenvalue weighted by atomic mass is 10.0. The zero-order valence-electron chi connectivity index (χ0n) is 19.7. The fourth-order valence-corrected chi connectivity index (χ4v) is 5.71. The van der Waals surface area contributed by atoms with Crippen LogP contribution in [0.4, 0.5) is 0 Å². The van der Waals surface area contributed by atoms with Crippen LogP contribution in [-0.2, 0) is 6.54 Å². The highest BCUT2D eigenvalue weighted by molar-refractivity contribution is 5.94. The van der Waals surface area contributed by atoms with E-state index in [-0.39, 0.29) is 11.3 Å². The van der Waals surface area contributed by atoms with Gasteiger partial charge in [0.1, 0.15) is 0 Å². The lowest BCUT2D eigenvalue weighted by Gasteiger charge is -2.10. The summed E-state index contributed by atoms with van der Waals surface area (Å²) in [5.74, 6) is 1.08. The van der Waals surface area contributed by atoms with Crippen molar-refractivity contribution in [3.05, 3.63) is 107 Å². The maximum absolute atomic E-state index is 12.5. The minimum Gasteiger partial charge on any atom is -0.352 e. The van der Waals surface area contributed by atoms with E-state index in [2.05, 4.69) is 85.3 Å². The van der Waals surface area contributed by atoms with E-state index >= 15 is 0 Å². The summed E-state index contributed by atoms with van der Waals surface area (Å²) >= 11 is 0. The highest BCUT2D eigenvalue weighted by Crippen LogP contribution is 2.67. The lowest BCUT2D eigenvalue weighted by Crippen LogP contribution is -2.24. The second-order valence-electron chi connectivity index (χ2n) is 9.90. The van der Waals surface area contributed by atoms with Crippen LogP contribution in [0.15, 0.2) is 84.9 Å². The molecule has 0 unspecified atom stereocenters. The van der Waals surface area contributed by atoms with Gasteiger partial charge in [0, 0.05) is 35.2 Å². The van der Waals surface area contributed by atoms with Gasteiger partial charge in [0.15, 0.2) is 0 Å². The standard InChI is InChI=1S/C30H32N2O/c1-21-27(24-16-10-11-17-26(24)32(21)20-22-12-6-4-7-13-22)28-25(30(28,2)3)18-19-31-29(33)23-14-8-5-9-15-23/h4-17,25,28H,18-20H2,1-3H3,(H,31,33)/t25-,28-/m0/s1. The third kappa shape index (κ3) is 3.97. The van der Waals surface area contributed by atoms with Gasteiger partial charge >= 0.3 is 0 Å². The summed E-state index contributed by atoms with van der Waals surface area (Å²) in [6.45, 7) is 8.63. The molecule has 4 aromatic rings. The number of nitrogens with one attached hydrogen (secondary N) is 1. The van der Waals surface area contributed by atoms with Crippen molar-refractivity contribution >= 4 is 16.8 Å². The molecule has 0 bridgehead atoms. The highest BCUT2D eigenvalue weighted by Gasteiger charge is 2.58. The molecule has 0 spiro atoms. The molecule has 33 heavy (non-hydrogen) atoms. The van der Waals surface area contributed by atoms with Crippen molar-refractivity contribution in [3.8, 4) is 0 Å². The van der Waals surface area contributed by atoms with Crippen molar-refractivity contribution in [2.24, 2.45) is 11.3 Å². The van der Waals surface area contributed by atoms with Crippen molar-refractivity contribution < 1.29 is 4.79 Å². The molecule has 1 amide bonds. The first kappa shape index (κ1) is 21.5. The molecular weight excluding hydrogens is 404 g/mol. The fourth-order valence-electron chi connectivity index (χ4n) is 5.71. The Hall–Kier alpha value is -3.33. The van der Waals surface area contributed by atoms with Crippen LogP contribution in [0.2, 0.25) is 0 Å². The number of carbonyl (C=O) groups excluding carboxylic acids is 1. The van der Waals surface area contributed by atoms with Crippen LogP contribution < -0.4 is 5.32 Å². The smallest absolute Gasteiger partial charge is 0.251 e. The number of rotatable bonds is 7. The first-order chi connectivity index (χ1) is 16.0. The molecule has 5 rings (SSSR count). The number of amides is 1. The molecule has 3 heteroatoms. The van der Waals surface area contributed by atoms with E-state index in [1.807, 2.05) is 30.3 Å². The van der Waals surface area contributed by atoms with Crippen molar-refractivity contribution in [2.75, 3.05) is 6.54 Å². The summed E-state index contributed by atoms with van der Waals surface area (Å²) < 4.78 is 2.47. The molecule has 1 saturated carbocycles. The van der Waals surface area contributed by atoms with Crippen LogP contribution in [0.1, 0.15) is 53.4 Å². The number of carbonyl (C=O) groups is 1. The molecule has 1 N–H and O–H groups in total. The monoisotopic (exact) mass is 436 g/mol.